The van der Waals surface area contributed by atoms with Crippen molar-refractivity contribution < 1.29 is 0 Å². The van der Waals surface area contributed by atoms with Crippen LogP contribution in [0.3, 0.4) is 0 Å². The fraction of sp³-hybridized carbons (Fsp3) is 0.0556. The van der Waals surface area contributed by atoms with E-state index in [4.69, 9.17) is 5.73 Å². The highest BCUT2D eigenvalue weighted by atomic mass is 16.1. The molecule has 4 aromatic rings. The summed E-state index contributed by atoms with van der Waals surface area (Å²) in [4.78, 5) is 17.3. The van der Waals surface area contributed by atoms with E-state index in [-0.39, 0.29) is 11.4 Å². The predicted octanol–water partition coefficient (Wildman–Crippen LogP) is 2.67. The number of nitrogens with zero attached hydrogens (tertiary/aromatic N) is 3. The first-order valence-electron chi connectivity index (χ1n) is 7.53. The molecule has 0 fully saturated rings. The summed E-state index contributed by atoms with van der Waals surface area (Å²) in [5.74, 6) is 0.190. The van der Waals surface area contributed by atoms with E-state index in [0.717, 1.165) is 22.5 Å². The van der Waals surface area contributed by atoms with E-state index in [0.29, 0.717) is 10.9 Å². The summed E-state index contributed by atoms with van der Waals surface area (Å²) in [5, 5.41) is 7.25. The molecule has 0 aliphatic heterocycles. The lowest BCUT2D eigenvalue weighted by Crippen LogP contribution is -2.19. The van der Waals surface area contributed by atoms with Crippen LogP contribution in [0, 0.1) is 6.92 Å². The van der Waals surface area contributed by atoms with Crippen molar-refractivity contribution in [2.24, 2.45) is 0 Å². The molecule has 0 atom stereocenters. The third-order valence-corrected chi connectivity index (χ3v) is 4.07. The van der Waals surface area contributed by atoms with Crippen molar-refractivity contribution >= 4 is 16.7 Å². The lowest BCUT2D eigenvalue weighted by atomic mass is 10.1. The molecule has 0 saturated heterocycles. The molecule has 24 heavy (non-hydrogen) atoms. The second-order valence-corrected chi connectivity index (χ2v) is 5.58. The van der Waals surface area contributed by atoms with Gasteiger partial charge in [-0.05, 0) is 30.7 Å². The van der Waals surface area contributed by atoms with Crippen LogP contribution in [0.5, 0.6) is 0 Å². The van der Waals surface area contributed by atoms with Crippen LogP contribution in [0.2, 0.25) is 0 Å². The molecule has 118 valence electrons. The first kappa shape index (κ1) is 14.2. The molecule has 3 N–H and O–H groups in total. The maximum absolute atomic E-state index is 12.9. The molecule has 1 aromatic carbocycles. The average Bonchev–Trinajstić information content (AvgIpc) is 2.99. The zero-order chi connectivity index (χ0) is 16.7. The maximum Gasteiger partial charge on any atom is 0.268 e. The van der Waals surface area contributed by atoms with Gasteiger partial charge in [-0.1, -0.05) is 24.3 Å². The second-order valence-electron chi connectivity index (χ2n) is 5.58. The Morgan fingerprint density at radius 3 is 2.67 bits per heavy atom. The van der Waals surface area contributed by atoms with Gasteiger partial charge in [0, 0.05) is 18.0 Å². The third-order valence-electron chi connectivity index (χ3n) is 4.07. The molecule has 0 saturated carbocycles. The second kappa shape index (κ2) is 5.34. The summed E-state index contributed by atoms with van der Waals surface area (Å²) < 4.78 is 1.60. The number of nitrogens with one attached hydrogen (secondary N) is 1. The highest BCUT2D eigenvalue weighted by molar-refractivity contribution is 5.97. The minimum absolute atomic E-state index is 0.190. The van der Waals surface area contributed by atoms with Gasteiger partial charge in [0.2, 0.25) is 0 Å². The monoisotopic (exact) mass is 317 g/mol. The van der Waals surface area contributed by atoms with Crippen LogP contribution >= 0.6 is 0 Å². The molecule has 0 bridgehead atoms. The molecular formula is C18H15N5O. The van der Waals surface area contributed by atoms with Crippen LogP contribution in [0.15, 0.2) is 59.7 Å². The Morgan fingerprint density at radius 2 is 1.92 bits per heavy atom. The first-order valence-corrected chi connectivity index (χ1v) is 7.53. The van der Waals surface area contributed by atoms with Gasteiger partial charge >= 0.3 is 0 Å². The van der Waals surface area contributed by atoms with Crippen LogP contribution in [0.25, 0.3) is 27.8 Å². The van der Waals surface area contributed by atoms with Crippen molar-refractivity contribution in [2.45, 2.75) is 6.92 Å². The van der Waals surface area contributed by atoms with E-state index in [1.165, 1.54) is 0 Å². The number of pyridine rings is 2. The molecule has 3 heterocycles. The lowest BCUT2D eigenvalue weighted by molar-refractivity contribution is 0.995. The molecule has 0 unspecified atom stereocenters. The van der Waals surface area contributed by atoms with E-state index in [2.05, 4.69) is 15.2 Å². The van der Waals surface area contributed by atoms with Crippen LogP contribution in [-0.2, 0) is 0 Å². The number of nitrogen functional groups attached to an aromatic ring is 1. The SMILES string of the molecule is Cc1ccccc1-n1cc(-c2ccccn2)c2[nH]nc(N)c2c1=O. The van der Waals surface area contributed by atoms with Crippen molar-refractivity contribution in [3.63, 3.8) is 0 Å². The number of rotatable bonds is 2. The molecule has 6 nitrogen and oxygen atoms in total. The van der Waals surface area contributed by atoms with Gasteiger partial charge in [0.25, 0.3) is 5.56 Å². The number of nitrogens with two attached hydrogens (primary N) is 1. The van der Waals surface area contributed by atoms with Crippen molar-refractivity contribution in [1.82, 2.24) is 19.7 Å². The topological polar surface area (TPSA) is 89.6 Å². The zero-order valence-electron chi connectivity index (χ0n) is 13.0. The molecule has 0 spiro atoms. The maximum atomic E-state index is 12.9. The molecule has 0 aliphatic rings. The number of hydrogen-bond acceptors (Lipinski definition) is 4. The summed E-state index contributed by atoms with van der Waals surface area (Å²) >= 11 is 0. The van der Waals surface area contributed by atoms with Crippen LogP contribution < -0.4 is 11.3 Å². The summed E-state index contributed by atoms with van der Waals surface area (Å²) in [5.41, 5.74) is 9.65. The number of aromatic amines is 1. The van der Waals surface area contributed by atoms with Crippen LogP contribution in [-0.4, -0.2) is 19.7 Å². The first-order chi connectivity index (χ1) is 11.7. The number of benzene rings is 1. The van der Waals surface area contributed by atoms with Gasteiger partial charge < -0.3 is 5.73 Å². The summed E-state index contributed by atoms with van der Waals surface area (Å²) in [7, 11) is 0. The highest BCUT2D eigenvalue weighted by Crippen LogP contribution is 2.27. The Balaban J connectivity index is 2.13. The van der Waals surface area contributed by atoms with Gasteiger partial charge in [0.1, 0.15) is 5.39 Å². The van der Waals surface area contributed by atoms with Gasteiger partial charge in [0.05, 0.1) is 16.9 Å². The van der Waals surface area contributed by atoms with Gasteiger partial charge in [0.15, 0.2) is 5.82 Å². The Morgan fingerprint density at radius 1 is 1.12 bits per heavy atom. The minimum Gasteiger partial charge on any atom is -0.382 e. The molecule has 6 heteroatoms. The number of hydrogen-bond donors (Lipinski definition) is 2. The number of fused-ring (bicyclic) bond motifs is 1. The molecule has 4 rings (SSSR count). The number of aromatic nitrogens is 4. The van der Waals surface area contributed by atoms with Gasteiger partial charge in [-0.2, -0.15) is 5.10 Å². The normalized spacial score (nSPS) is 11.0. The Hall–Kier alpha value is -3.41. The van der Waals surface area contributed by atoms with Crippen molar-refractivity contribution in [2.75, 3.05) is 5.73 Å². The summed E-state index contributed by atoms with van der Waals surface area (Å²) in [6.07, 6.45) is 3.50. The van der Waals surface area contributed by atoms with Gasteiger partial charge in [-0.25, -0.2) is 0 Å². The molecule has 0 aliphatic carbocycles. The number of para-hydroxylation sites is 1. The molecule has 3 aromatic heterocycles. The summed E-state index contributed by atoms with van der Waals surface area (Å²) in [6, 6.07) is 13.3. The van der Waals surface area contributed by atoms with Crippen molar-refractivity contribution in [3.8, 4) is 16.9 Å². The van der Waals surface area contributed by atoms with Crippen molar-refractivity contribution in [1.29, 1.82) is 0 Å². The molecule has 0 radical (unpaired) electrons. The Labute approximate surface area is 137 Å². The zero-order valence-corrected chi connectivity index (χ0v) is 13.0. The molecule has 0 amide bonds. The average molecular weight is 317 g/mol. The summed E-state index contributed by atoms with van der Waals surface area (Å²) in [6.45, 7) is 1.96. The predicted molar refractivity (Wildman–Crippen MR) is 94.1 cm³/mol. The van der Waals surface area contributed by atoms with E-state index in [9.17, 15) is 4.79 Å². The van der Waals surface area contributed by atoms with Crippen LogP contribution in [0.1, 0.15) is 5.56 Å². The third kappa shape index (κ3) is 2.08. The van der Waals surface area contributed by atoms with E-state index in [1.54, 1.807) is 17.0 Å². The highest BCUT2D eigenvalue weighted by Gasteiger charge is 2.17. The number of H-pyrrole nitrogens is 1. The smallest absolute Gasteiger partial charge is 0.268 e. The largest absolute Gasteiger partial charge is 0.382 e. The van der Waals surface area contributed by atoms with E-state index in [1.807, 2.05) is 49.4 Å². The number of anilines is 1. The Bertz CT molecular complexity index is 1100. The number of aryl methyl sites for hydroxylation is 1. The quantitative estimate of drug-likeness (QED) is 0.595. The van der Waals surface area contributed by atoms with Gasteiger partial charge in [-0.15, -0.1) is 0 Å². The lowest BCUT2D eigenvalue weighted by Gasteiger charge is -2.12. The Kier molecular flexibility index (Phi) is 3.16. The van der Waals surface area contributed by atoms with Crippen molar-refractivity contribution in [3.05, 3.63) is 70.8 Å². The standard InChI is InChI=1S/C18H15N5O/c1-11-6-2-3-8-14(11)23-10-12(13-7-4-5-9-20-13)16-15(18(23)24)17(19)22-21-16/h2-10H,1H3,(H3,19,21,22). The van der Waals surface area contributed by atoms with Gasteiger partial charge in [-0.3, -0.25) is 19.4 Å². The minimum atomic E-state index is -0.203. The van der Waals surface area contributed by atoms with Crippen LogP contribution in [0.4, 0.5) is 5.82 Å². The fourth-order valence-electron chi connectivity index (χ4n) is 2.87. The fourth-order valence-corrected chi connectivity index (χ4v) is 2.87. The van der Waals surface area contributed by atoms with E-state index >= 15 is 0 Å². The molecular weight excluding hydrogens is 302 g/mol. The van der Waals surface area contributed by atoms with E-state index < -0.39 is 0 Å².